The molecule has 0 saturated heterocycles. The number of alkyl carbamates (subject to hydrolysis) is 1. The average Bonchev–Trinajstić information content (AvgIpc) is 3.46. The normalized spacial score (nSPS) is 12.5. The Morgan fingerprint density at radius 3 is 2.34 bits per heavy atom. The van der Waals surface area contributed by atoms with Crippen LogP contribution in [0.25, 0.3) is 11.1 Å². The van der Waals surface area contributed by atoms with E-state index in [1.807, 2.05) is 24.3 Å². The number of fused-ring (bicyclic) bond motifs is 3. The molecule has 0 aliphatic heterocycles. The maximum Gasteiger partial charge on any atom is 0.407 e. The zero-order valence-corrected chi connectivity index (χ0v) is 19.1. The number of carboxylic acids is 1. The smallest absolute Gasteiger partial charge is 0.407 e. The zero-order valence-electron chi connectivity index (χ0n) is 19.1. The van der Waals surface area contributed by atoms with Crippen LogP contribution in [0.1, 0.15) is 34.5 Å². The summed E-state index contributed by atoms with van der Waals surface area (Å²) in [5.74, 6) is -1.49. The van der Waals surface area contributed by atoms with Gasteiger partial charge < -0.3 is 20.5 Å². The van der Waals surface area contributed by atoms with Crippen LogP contribution in [-0.4, -0.2) is 57.8 Å². The molecule has 1 aliphatic carbocycles. The van der Waals surface area contributed by atoms with Crippen molar-refractivity contribution >= 4 is 18.0 Å². The molecule has 35 heavy (non-hydrogen) atoms. The molecule has 0 bridgehead atoms. The van der Waals surface area contributed by atoms with Crippen LogP contribution >= 0.6 is 0 Å². The van der Waals surface area contributed by atoms with Crippen LogP contribution in [0.3, 0.4) is 0 Å². The lowest BCUT2D eigenvalue weighted by Gasteiger charge is -2.14. The number of ether oxygens (including phenoxy) is 1. The number of nitrogens with zero attached hydrogens (tertiary/aromatic N) is 3. The van der Waals surface area contributed by atoms with E-state index in [2.05, 4.69) is 45.2 Å². The van der Waals surface area contributed by atoms with E-state index in [0.717, 1.165) is 22.3 Å². The summed E-state index contributed by atoms with van der Waals surface area (Å²) in [6.07, 6.45) is 2.32. The summed E-state index contributed by atoms with van der Waals surface area (Å²) in [4.78, 5) is 35.2. The van der Waals surface area contributed by atoms with Crippen molar-refractivity contribution in [2.45, 2.75) is 19.4 Å². The number of aromatic nitrogens is 3. The van der Waals surface area contributed by atoms with Crippen LogP contribution in [0, 0.1) is 0 Å². The van der Waals surface area contributed by atoms with E-state index in [9.17, 15) is 14.4 Å². The average molecular weight is 476 g/mol. The number of benzene rings is 2. The van der Waals surface area contributed by atoms with Crippen molar-refractivity contribution in [1.29, 1.82) is 0 Å². The second kappa shape index (κ2) is 10.6. The number of carboxylic acid groups (broad SMARTS) is 1. The van der Waals surface area contributed by atoms with Crippen LogP contribution in [0.2, 0.25) is 0 Å². The highest BCUT2D eigenvalue weighted by Gasteiger charge is 2.28. The third-order valence-corrected chi connectivity index (χ3v) is 5.74. The van der Waals surface area contributed by atoms with Gasteiger partial charge >= 0.3 is 12.1 Å². The number of carbonyl (C=O) groups is 3. The van der Waals surface area contributed by atoms with E-state index in [1.54, 1.807) is 13.0 Å². The van der Waals surface area contributed by atoms with E-state index in [4.69, 9.17) is 9.84 Å². The lowest BCUT2D eigenvalue weighted by atomic mass is 9.98. The summed E-state index contributed by atoms with van der Waals surface area (Å²) < 4.78 is 6.81. The molecule has 2 amide bonds. The molecule has 0 unspecified atom stereocenters. The van der Waals surface area contributed by atoms with Crippen molar-refractivity contribution in [2.75, 3.05) is 19.7 Å². The molecule has 4 rings (SSSR count). The molecule has 2 aromatic carbocycles. The highest BCUT2D eigenvalue weighted by atomic mass is 16.5. The Hall–Kier alpha value is -4.47. The van der Waals surface area contributed by atoms with E-state index < -0.39 is 12.1 Å². The molecule has 180 valence electrons. The number of carbonyl (C=O) groups excluding carboxylic acids is 2. The Morgan fingerprint density at radius 2 is 1.71 bits per heavy atom. The molecule has 1 heterocycles. The maximum absolute atomic E-state index is 12.2. The minimum absolute atomic E-state index is 0.0206. The lowest BCUT2D eigenvalue weighted by Crippen LogP contribution is -2.29. The highest BCUT2D eigenvalue weighted by molar-refractivity contribution is 5.92. The van der Waals surface area contributed by atoms with Crippen LogP contribution in [0.15, 0.2) is 66.4 Å². The van der Waals surface area contributed by atoms with Gasteiger partial charge in [-0.2, -0.15) is 0 Å². The van der Waals surface area contributed by atoms with E-state index in [-0.39, 0.29) is 43.8 Å². The molecule has 0 saturated carbocycles. The zero-order chi connectivity index (χ0) is 24.8. The maximum atomic E-state index is 12.2. The van der Waals surface area contributed by atoms with Gasteiger partial charge in [0.2, 0.25) is 5.91 Å². The Balaban J connectivity index is 1.21. The van der Waals surface area contributed by atoms with Crippen LogP contribution in [-0.2, 0) is 16.1 Å². The second-order valence-corrected chi connectivity index (χ2v) is 8.02. The first-order chi connectivity index (χ1) is 16.9. The molecule has 10 heteroatoms. The first-order valence-corrected chi connectivity index (χ1v) is 11.1. The predicted molar refractivity (Wildman–Crippen MR) is 127 cm³/mol. The van der Waals surface area contributed by atoms with Crippen molar-refractivity contribution in [3.05, 3.63) is 83.2 Å². The summed E-state index contributed by atoms with van der Waals surface area (Å²) in [5.41, 5.74) is 4.86. The number of aromatic carboxylic acids is 1. The fourth-order valence-electron chi connectivity index (χ4n) is 3.96. The van der Waals surface area contributed by atoms with E-state index in [1.165, 1.54) is 10.9 Å². The summed E-state index contributed by atoms with van der Waals surface area (Å²) in [7, 11) is 0. The molecule has 0 fully saturated rings. The standard InChI is InChI=1S/C25H25N5O5/c1-16(23(31)26-12-13-30-14-22(24(32)33)28-29-30)10-11-27-25(34)35-15-21-19-8-4-2-6-17(19)18-7-3-5-9-20(18)21/h2-10,14,21H,11-13,15H2,1H3,(H,26,31)(H,27,34)(H,32,33)/b16-10+. The van der Waals surface area contributed by atoms with Crippen molar-refractivity contribution in [1.82, 2.24) is 25.6 Å². The Labute approximate surface area is 201 Å². The van der Waals surface area contributed by atoms with Crippen molar-refractivity contribution in [2.24, 2.45) is 0 Å². The minimum Gasteiger partial charge on any atom is -0.476 e. The van der Waals surface area contributed by atoms with Gasteiger partial charge in [-0.15, -0.1) is 5.10 Å². The number of nitrogens with one attached hydrogen (secondary N) is 2. The Bertz CT molecular complexity index is 1240. The van der Waals surface area contributed by atoms with Gasteiger partial charge in [-0.05, 0) is 29.2 Å². The number of hydrogen-bond acceptors (Lipinski definition) is 6. The van der Waals surface area contributed by atoms with Gasteiger partial charge in [0.25, 0.3) is 0 Å². The largest absolute Gasteiger partial charge is 0.476 e. The van der Waals surface area contributed by atoms with Crippen LogP contribution in [0.5, 0.6) is 0 Å². The van der Waals surface area contributed by atoms with Crippen molar-refractivity contribution < 1.29 is 24.2 Å². The monoisotopic (exact) mass is 475 g/mol. The van der Waals surface area contributed by atoms with Crippen molar-refractivity contribution in [3.8, 4) is 11.1 Å². The lowest BCUT2D eigenvalue weighted by molar-refractivity contribution is -0.117. The molecule has 3 N–H and O–H groups in total. The highest BCUT2D eigenvalue weighted by Crippen LogP contribution is 2.44. The molecule has 3 aromatic rings. The van der Waals surface area contributed by atoms with Gasteiger partial charge in [0.1, 0.15) is 6.61 Å². The quantitative estimate of drug-likeness (QED) is 0.405. The molecule has 0 spiro atoms. The topological polar surface area (TPSA) is 135 Å². The summed E-state index contributed by atoms with van der Waals surface area (Å²) in [5, 5.41) is 21.4. The SMILES string of the molecule is C/C(=C\CNC(=O)OCC1c2ccccc2-c2ccccc21)C(=O)NCCn1cc(C(=O)O)nn1. The van der Waals surface area contributed by atoms with Gasteiger partial charge in [-0.25, -0.2) is 14.3 Å². The van der Waals surface area contributed by atoms with Gasteiger partial charge in [0, 0.05) is 24.6 Å². The van der Waals surface area contributed by atoms with Crippen molar-refractivity contribution in [3.63, 3.8) is 0 Å². The molecular weight excluding hydrogens is 450 g/mol. The molecule has 0 radical (unpaired) electrons. The number of rotatable bonds is 9. The molecule has 1 aromatic heterocycles. The molecular formula is C25H25N5O5. The fraction of sp³-hybridized carbons (Fsp3) is 0.240. The van der Waals surface area contributed by atoms with Gasteiger partial charge in [-0.1, -0.05) is 59.8 Å². The molecule has 0 atom stereocenters. The fourth-order valence-corrected chi connectivity index (χ4v) is 3.96. The summed E-state index contributed by atoms with van der Waals surface area (Å²) in [6, 6.07) is 16.2. The van der Waals surface area contributed by atoms with Gasteiger partial charge in [-0.3, -0.25) is 4.79 Å². The molecule has 10 nitrogen and oxygen atoms in total. The molecule has 1 aliphatic rings. The Morgan fingerprint density at radius 1 is 1.06 bits per heavy atom. The van der Waals surface area contributed by atoms with Gasteiger partial charge in [0.15, 0.2) is 5.69 Å². The summed E-state index contributed by atoms with van der Waals surface area (Å²) in [6.45, 7) is 2.51. The number of amides is 2. The first-order valence-electron chi connectivity index (χ1n) is 11.1. The third kappa shape index (κ3) is 5.55. The first kappa shape index (κ1) is 23.7. The van der Waals surface area contributed by atoms with Crippen LogP contribution < -0.4 is 10.6 Å². The van der Waals surface area contributed by atoms with Crippen LogP contribution in [0.4, 0.5) is 4.79 Å². The van der Waals surface area contributed by atoms with E-state index >= 15 is 0 Å². The summed E-state index contributed by atoms with van der Waals surface area (Å²) >= 11 is 0. The number of hydrogen-bond donors (Lipinski definition) is 3. The second-order valence-electron chi connectivity index (χ2n) is 8.02. The minimum atomic E-state index is -1.16. The van der Waals surface area contributed by atoms with Gasteiger partial charge in [0.05, 0.1) is 12.7 Å². The Kier molecular flexibility index (Phi) is 7.20. The predicted octanol–water partition coefficient (Wildman–Crippen LogP) is 2.58. The van der Waals surface area contributed by atoms with E-state index in [0.29, 0.717) is 5.57 Å². The third-order valence-electron chi connectivity index (χ3n) is 5.74.